The van der Waals surface area contributed by atoms with Crippen LogP contribution in [0.2, 0.25) is 0 Å². The lowest BCUT2D eigenvalue weighted by Crippen LogP contribution is -2.65. The van der Waals surface area contributed by atoms with Crippen molar-refractivity contribution in [3.63, 3.8) is 0 Å². The molecule has 1 saturated carbocycles. The lowest BCUT2D eigenvalue weighted by atomic mass is 9.57. The summed E-state index contributed by atoms with van der Waals surface area (Å²) < 4.78 is 26.2. The molecule has 8 N–H and O–H groups in total. The Labute approximate surface area is 294 Å². The molecule has 0 aliphatic heterocycles. The van der Waals surface area contributed by atoms with Crippen molar-refractivity contribution in [3.8, 4) is 5.75 Å². The van der Waals surface area contributed by atoms with Gasteiger partial charge in [-0.15, -0.1) is 0 Å². The van der Waals surface area contributed by atoms with Crippen LogP contribution in [0.4, 0.5) is 14.9 Å². The molecule has 3 aliphatic rings. The molecule has 15 nitrogen and oxygen atoms in total. The molecule has 4 rings (SSSR count). The van der Waals surface area contributed by atoms with Crippen molar-refractivity contribution in [1.82, 2.24) is 10.2 Å². The zero-order chi connectivity index (χ0) is 38.2. The third-order valence-electron chi connectivity index (χ3n) is 9.37. The van der Waals surface area contributed by atoms with Gasteiger partial charge in [0.15, 0.2) is 11.4 Å². The number of amides is 2. The monoisotopic (exact) mass is 718 g/mol. The molecule has 1 aromatic carbocycles. The van der Waals surface area contributed by atoms with E-state index in [0.717, 1.165) is 12.5 Å². The number of carbonyl (C=O) groups is 5. The van der Waals surface area contributed by atoms with Crippen LogP contribution in [-0.2, 0) is 35.1 Å². The van der Waals surface area contributed by atoms with E-state index in [2.05, 4.69) is 10.6 Å². The molecule has 2 amide bonds. The quantitative estimate of drug-likeness (QED) is 0.0713. The van der Waals surface area contributed by atoms with Crippen molar-refractivity contribution in [2.75, 3.05) is 32.6 Å². The Morgan fingerprint density at radius 1 is 1.16 bits per heavy atom. The first-order valence-corrected chi connectivity index (χ1v) is 16.8. The standard InChI is InChI=1S/C35H47FN4O11/c1-7-8-12-50-32(47)20(39-33(48)51-34(2,3)4)10-9-11-38-21-15-19(36)17-13-16-14-18-25(40(5)6)28(43)24(31(37)46)30(45)35(18,49)29(44)22(16)27(42)23(17)26(21)41/h15-16,18,20,25,38,41-42,45,49H,7-14H2,1-6H3,(H2,37,46)(H,39,48)/t16-,18-,20-,25-,35-/m0/s1. The summed E-state index contributed by atoms with van der Waals surface area (Å²) in [5, 5.41) is 50.8. The van der Waals surface area contributed by atoms with Crippen LogP contribution in [0.3, 0.4) is 0 Å². The largest absolute Gasteiger partial charge is 0.508 e. The molecule has 5 atom stereocenters. The Kier molecular flexibility index (Phi) is 11.4. The molecule has 3 aliphatic carbocycles. The van der Waals surface area contributed by atoms with Gasteiger partial charge in [-0.05, 0) is 72.9 Å². The second kappa shape index (κ2) is 14.9. The summed E-state index contributed by atoms with van der Waals surface area (Å²) in [4.78, 5) is 65.9. The number of halogens is 1. The van der Waals surface area contributed by atoms with E-state index in [1.807, 2.05) is 6.92 Å². The molecule has 0 bridgehead atoms. The van der Waals surface area contributed by atoms with Gasteiger partial charge in [0.25, 0.3) is 5.91 Å². The second-order valence-electron chi connectivity index (χ2n) is 14.4. The van der Waals surface area contributed by atoms with Crippen LogP contribution in [0, 0.1) is 17.7 Å². The number of alkyl carbamates (subject to hydrolysis) is 1. The first-order valence-electron chi connectivity index (χ1n) is 16.8. The molecule has 0 radical (unpaired) electrons. The number of Topliss-reactive ketones (excluding diaryl/α,β-unsaturated/α-hetero) is 2. The number of phenols is 1. The lowest BCUT2D eigenvalue weighted by Gasteiger charge is -2.50. The van der Waals surface area contributed by atoms with Gasteiger partial charge < -0.3 is 46.3 Å². The summed E-state index contributed by atoms with van der Waals surface area (Å²) in [6, 6.07) is -1.30. The highest BCUT2D eigenvalue weighted by Crippen LogP contribution is 2.53. The number of ketones is 2. The van der Waals surface area contributed by atoms with Gasteiger partial charge in [-0.1, -0.05) is 13.3 Å². The Bertz CT molecular complexity index is 1680. The third kappa shape index (κ3) is 7.52. The number of nitrogens with one attached hydrogen (secondary N) is 2. The molecule has 0 spiro atoms. The van der Waals surface area contributed by atoms with Crippen molar-refractivity contribution in [2.45, 2.75) is 89.5 Å². The summed E-state index contributed by atoms with van der Waals surface area (Å²) in [6.07, 6.45) is 0.522. The van der Waals surface area contributed by atoms with E-state index in [1.165, 1.54) is 19.0 Å². The summed E-state index contributed by atoms with van der Waals surface area (Å²) in [7, 11) is 2.97. The zero-order valence-electron chi connectivity index (χ0n) is 29.6. The number of anilines is 1. The van der Waals surface area contributed by atoms with Crippen LogP contribution in [-0.4, -0.2) is 105 Å². The SMILES string of the molecule is CCCCOC(=O)[C@H](CCCNc1cc(F)c2c(c1O)C(O)=C1C(=O)[C@]3(O)C(O)=C(C(N)=O)C(=O)[C@@H](N(C)C)[C@@H]3C[C@@H]1C2)NC(=O)OC(C)(C)C. The number of nitrogens with two attached hydrogens (primary N) is 1. The van der Waals surface area contributed by atoms with Crippen LogP contribution in [0.15, 0.2) is 23.0 Å². The van der Waals surface area contributed by atoms with E-state index in [4.69, 9.17) is 15.2 Å². The normalized spacial score (nSPS) is 23.7. The van der Waals surface area contributed by atoms with E-state index in [9.17, 15) is 44.4 Å². The number of aliphatic hydroxyl groups excluding tert-OH is 2. The van der Waals surface area contributed by atoms with Gasteiger partial charge in [0.1, 0.15) is 40.3 Å². The number of ether oxygens (including phenoxy) is 2. The van der Waals surface area contributed by atoms with E-state index in [0.29, 0.717) is 6.42 Å². The van der Waals surface area contributed by atoms with Gasteiger partial charge >= 0.3 is 12.1 Å². The number of carbonyl (C=O) groups excluding carboxylic acids is 5. The van der Waals surface area contributed by atoms with Crippen LogP contribution < -0.4 is 16.4 Å². The summed E-state index contributed by atoms with van der Waals surface area (Å²) in [6.45, 7) is 7.16. The average molecular weight is 719 g/mol. The van der Waals surface area contributed by atoms with Crippen LogP contribution in [0.25, 0.3) is 5.76 Å². The number of phenolic OH excluding ortho intramolecular Hbond substituents is 1. The van der Waals surface area contributed by atoms with Gasteiger partial charge in [0.05, 0.1) is 23.9 Å². The van der Waals surface area contributed by atoms with E-state index < -0.39 is 104 Å². The van der Waals surface area contributed by atoms with Crippen molar-refractivity contribution >= 4 is 41.0 Å². The number of aliphatic hydroxyl groups is 3. The number of esters is 1. The first-order chi connectivity index (χ1) is 23.8. The van der Waals surface area contributed by atoms with Crippen molar-refractivity contribution in [1.29, 1.82) is 0 Å². The number of hydrogen-bond acceptors (Lipinski definition) is 13. The Morgan fingerprint density at radius 2 is 1.82 bits per heavy atom. The maximum atomic E-state index is 15.7. The highest BCUT2D eigenvalue weighted by molar-refractivity contribution is 6.24. The molecule has 51 heavy (non-hydrogen) atoms. The number of nitrogens with zero attached hydrogens (tertiary/aromatic N) is 1. The molecule has 1 aromatic rings. The van der Waals surface area contributed by atoms with E-state index >= 15 is 4.39 Å². The number of unbranched alkanes of at least 4 members (excludes halogenated alkanes) is 1. The highest BCUT2D eigenvalue weighted by Gasteiger charge is 2.64. The number of fused-ring (bicyclic) bond motifs is 3. The number of rotatable bonds is 12. The number of primary amides is 1. The summed E-state index contributed by atoms with van der Waals surface area (Å²) in [5.74, 6) is -9.81. The van der Waals surface area contributed by atoms with Gasteiger partial charge in [0, 0.05) is 29.7 Å². The molecule has 16 heteroatoms. The van der Waals surface area contributed by atoms with Crippen molar-refractivity contribution in [2.24, 2.45) is 17.6 Å². The predicted octanol–water partition coefficient (Wildman–Crippen LogP) is 2.53. The lowest BCUT2D eigenvalue weighted by molar-refractivity contribution is -0.153. The number of benzene rings is 1. The fraction of sp³-hybridized carbons (Fsp3) is 0.571. The van der Waals surface area contributed by atoms with Crippen molar-refractivity contribution in [3.05, 3.63) is 39.9 Å². The second-order valence-corrected chi connectivity index (χ2v) is 14.4. The Morgan fingerprint density at radius 3 is 2.41 bits per heavy atom. The summed E-state index contributed by atoms with van der Waals surface area (Å²) in [5.41, 5.74) is -0.304. The summed E-state index contributed by atoms with van der Waals surface area (Å²) >= 11 is 0. The van der Waals surface area contributed by atoms with Gasteiger partial charge in [-0.25, -0.2) is 14.0 Å². The van der Waals surface area contributed by atoms with Gasteiger partial charge in [0.2, 0.25) is 5.78 Å². The van der Waals surface area contributed by atoms with Crippen molar-refractivity contribution < 1.29 is 58.3 Å². The average Bonchev–Trinajstić information content (AvgIpc) is 3.01. The molecular formula is C35H47FN4O11. The Hall–Kier alpha value is -4.70. The molecule has 0 saturated heterocycles. The maximum absolute atomic E-state index is 15.7. The van der Waals surface area contributed by atoms with E-state index in [1.54, 1.807) is 20.8 Å². The number of aromatic hydroxyl groups is 1. The molecule has 1 fully saturated rings. The number of likely N-dealkylation sites (N-methyl/N-ethyl adjacent to an activating group) is 1. The fourth-order valence-corrected chi connectivity index (χ4v) is 7.05. The predicted molar refractivity (Wildman–Crippen MR) is 181 cm³/mol. The Balaban J connectivity index is 1.60. The molecule has 280 valence electrons. The fourth-order valence-electron chi connectivity index (χ4n) is 7.05. The topological polar surface area (TPSA) is 238 Å². The maximum Gasteiger partial charge on any atom is 0.408 e. The van der Waals surface area contributed by atoms with Crippen LogP contribution >= 0.6 is 0 Å². The molecule has 0 heterocycles. The highest BCUT2D eigenvalue weighted by atomic mass is 19.1. The molecular weight excluding hydrogens is 671 g/mol. The third-order valence-corrected chi connectivity index (χ3v) is 9.37. The van der Waals surface area contributed by atoms with Gasteiger partial charge in [-0.2, -0.15) is 0 Å². The first kappa shape index (κ1) is 39.1. The molecule has 0 unspecified atom stereocenters. The minimum absolute atomic E-state index is 0.0510. The van der Waals surface area contributed by atoms with Crippen LogP contribution in [0.1, 0.15) is 70.9 Å². The smallest absolute Gasteiger partial charge is 0.408 e. The van der Waals surface area contributed by atoms with E-state index in [-0.39, 0.29) is 50.1 Å². The van der Waals surface area contributed by atoms with Gasteiger partial charge in [-0.3, -0.25) is 19.3 Å². The number of hydrogen-bond donors (Lipinski definition) is 7. The zero-order valence-corrected chi connectivity index (χ0v) is 29.6. The van der Waals surface area contributed by atoms with Crippen LogP contribution in [0.5, 0.6) is 5.75 Å². The molecule has 0 aromatic heterocycles. The minimum Gasteiger partial charge on any atom is -0.508 e. The minimum atomic E-state index is -2.82.